The molecule has 2 aromatic rings. The van der Waals surface area contributed by atoms with E-state index in [2.05, 4.69) is 4.72 Å². The maximum absolute atomic E-state index is 13.4. The number of nitrogens with one attached hydrogen (secondary N) is 1. The molecule has 1 atom stereocenters. The van der Waals surface area contributed by atoms with E-state index in [1.807, 2.05) is 0 Å². The van der Waals surface area contributed by atoms with E-state index in [1.165, 1.54) is 12.1 Å². The maximum atomic E-state index is 13.4. The first-order chi connectivity index (χ1) is 9.95. The largest absolute Gasteiger partial charge is 0.395 e. The minimum absolute atomic E-state index is 0.350. The molecule has 0 aliphatic carbocycles. The number of aliphatic hydroxyl groups excluding tert-OH is 1. The SMILES string of the molecule is Nc1c(F)cccc1S(=O)(=O)N[C@@H](CO)c1ccccc1. The third-order valence-electron chi connectivity index (χ3n) is 2.98. The summed E-state index contributed by atoms with van der Waals surface area (Å²) in [5, 5.41) is 9.38. The Balaban J connectivity index is 2.34. The van der Waals surface area contributed by atoms with Gasteiger partial charge in [-0.3, -0.25) is 0 Å². The number of rotatable bonds is 5. The topological polar surface area (TPSA) is 92.4 Å². The van der Waals surface area contributed by atoms with E-state index in [0.717, 1.165) is 6.07 Å². The standard InChI is InChI=1S/C14H15FN2O3S/c15-11-7-4-8-13(14(11)16)21(19,20)17-12(9-18)10-5-2-1-3-6-10/h1-8,12,17-18H,9,16H2/t12-/m0/s1. The van der Waals surface area contributed by atoms with Gasteiger partial charge in [-0.2, -0.15) is 0 Å². The van der Waals surface area contributed by atoms with Crippen molar-refractivity contribution in [3.8, 4) is 0 Å². The van der Waals surface area contributed by atoms with Gasteiger partial charge in [-0.25, -0.2) is 17.5 Å². The Labute approximate surface area is 122 Å². The van der Waals surface area contributed by atoms with Gasteiger partial charge in [0.25, 0.3) is 0 Å². The average Bonchev–Trinajstić information content (AvgIpc) is 2.48. The summed E-state index contributed by atoms with van der Waals surface area (Å²) in [6.07, 6.45) is 0. The molecule has 0 aliphatic rings. The normalized spacial score (nSPS) is 13.0. The summed E-state index contributed by atoms with van der Waals surface area (Å²) in [5.74, 6) is -0.807. The van der Waals surface area contributed by atoms with Crippen LogP contribution in [0.3, 0.4) is 0 Å². The lowest BCUT2D eigenvalue weighted by molar-refractivity contribution is 0.259. The zero-order valence-electron chi connectivity index (χ0n) is 11.0. The first-order valence-corrected chi connectivity index (χ1v) is 7.66. The van der Waals surface area contributed by atoms with Crippen LogP contribution < -0.4 is 10.5 Å². The van der Waals surface area contributed by atoms with E-state index < -0.39 is 34.2 Å². The van der Waals surface area contributed by atoms with Gasteiger partial charge in [0.15, 0.2) is 0 Å². The molecule has 0 heterocycles. The Morgan fingerprint density at radius 3 is 2.43 bits per heavy atom. The summed E-state index contributed by atoms with van der Waals surface area (Å²) in [6.45, 7) is -0.432. The van der Waals surface area contributed by atoms with E-state index in [9.17, 15) is 17.9 Å². The third kappa shape index (κ3) is 3.38. The first-order valence-electron chi connectivity index (χ1n) is 6.18. The van der Waals surface area contributed by atoms with Gasteiger partial charge < -0.3 is 10.8 Å². The zero-order valence-corrected chi connectivity index (χ0v) is 11.8. The number of aliphatic hydroxyl groups is 1. The molecule has 21 heavy (non-hydrogen) atoms. The summed E-state index contributed by atoms with van der Waals surface area (Å²) in [7, 11) is -4.05. The van der Waals surface area contributed by atoms with Crippen molar-refractivity contribution < 1.29 is 17.9 Å². The molecule has 5 nitrogen and oxygen atoms in total. The lowest BCUT2D eigenvalue weighted by atomic mass is 10.1. The Hall–Kier alpha value is -1.96. The number of sulfonamides is 1. The van der Waals surface area contributed by atoms with Gasteiger partial charge >= 0.3 is 0 Å². The molecule has 2 aromatic carbocycles. The second kappa shape index (κ2) is 6.21. The molecular formula is C14H15FN2O3S. The fourth-order valence-corrected chi connectivity index (χ4v) is 3.26. The number of anilines is 1. The second-order valence-electron chi connectivity index (χ2n) is 4.42. The van der Waals surface area contributed by atoms with Crippen LogP contribution in [0.15, 0.2) is 53.4 Å². The first kappa shape index (κ1) is 15.4. The number of nitrogens with two attached hydrogens (primary N) is 1. The molecule has 0 aromatic heterocycles. The summed E-state index contributed by atoms with van der Waals surface area (Å²) >= 11 is 0. The Bertz CT molecular complexity index is 720. The molecule has 0 amide bonds. The van der Waals surface area contributed by atoms with Gasteiger partial charge in [0.05, 0.1) is 18.3 Å². The molecule has 112 valence electrons. The number of halogens is 1. The molecule has 0 spiro atoms. The van der Waals surface area contributed by atoms with Gasteiger partial charge in [0.1, 0.15) is 10.7 Å². The Morgan fingerprint density at radius 1 is 1.14 bits per heavy atom. The van der Waals surface area contributed by atoms with Crippen molar-refractivity contribution in [2.75, 3.05) is 12.3 Å². The van der Waals surface area contributed by atoms with Crippen LogP contribution in [0.5, 0.6) is 0 Å². The predicted molar refractivity (Wildman–Crippen MR) is 77.4 cm³/mol. The maximum Gasteiger partial charge on any atom is 0.243 e. The molecule has 0 saturated carbocycles. The van der Waals surface area contributed by atoms with Crippen LogP contribution >= 0.6 is 0 Å². The lowest BCUT2D eigenvalue weighted by Crippen LogP contribution is -2.31. The van der Waals surface area contributed by atoms with Crippen molar-refractivity contribution in [2.24, 2.45) is 0 Å². The van der Waals surface area contributed by atoms with Crippen LogP contribution in [-0.4, -0.2) is 20.1 Å². The van der Waals surface area contributed by atoms with Gasteiger partial charge in [0, 0.05) is 0 Å². The van der Waals surface area contributed by atoms with Crippen molar-refractivity contribution in [1.29, 1.82) is 0 Å². The molecule has 0 unspecified atom stereocenters. The smallest absolute Gasteiger partial charge is 0.243 e. The summed E-state index contributed by atoms with van der Waals surface area (Å²) in [5.41, 5.74) is 5.61. The van der Waals surface area contributed by atoms with Gasteiger partial charge in [-0.05, 0) is 17.7 Å². The van der Waals surface area contributed by atoms with Gasteiger partial charge in [-0.1, -0.05) is 36.4 Å². The van der Waals surface area contributed by atoms with Crippen molar-refractivity contribution in [3.63, 3.8) is 0 Å². The predicted octanol–water partition coefficient (Wildman–Crippen LogP) is 1.42. The van der Waals surface area contributed by atoms with E-state index in [4.69, 9.17) is 5.73 Å². The number of nitrogen functional groups attached to an aromatic ring is 1. The second-order valence-corrected chi connectivity index (χ2v) is 6.10. The van der Waals surface area contributed by atoms with Crippen LogP contribution in [0.4, 0.5) is 10.1 Å². The minimum atomic E-state index is -4.05. The van der Waals surface area contributed by atoms with Crippen molar-refractivity contribution >= 4 is 15.7 Å². The van der Waals surface area contributed by atoms with E-state index in [1.54, 1.807) is 30.3 Å². The summed E-state index contributed by atoms with van der Waals surface area (Å²) in [6, 6.07) is 11.3. The number of benzene rings is 2. The third-order valence-corrected chi connectivity index (χ3v) is 4.51. The highest BCUT2D eigenvalue weighted by Gasteiger charge is 2.24. The zero-order chi connectivity index (χ0) is 15.5. The van der Waals surface area contributed by atoms with Crippen LogP contribution in [-0.2, 0) is 10.0 Å². The minimum Gasteiger partial charge on any atom is -0.395 e. The molecule has 4 N–H and O–H groups in total. The van der Waals surface area contributed by atoms with Gasteiger partial charge in [-0.15, -0.1) is 0 Å². The van der Waals surface area contributed by atoms with E-state index in [-0.39, 0.29) is 4.90 Å². The molecule has 0 fully saturated rings. The Morgan fingerprint density at radius 2 is 1.81 bits per heavy atom. The Kier molecular flexibility index (Phi) is 4.56. The van der Waals surface area contributed by atoms with E-state index >= 15 is 0 Å². The van der Waals surface area contributed by atoms with Crippen LogP contribution in [0, 0.1) is 5.82 Å². The average molecular weight is 310 g/mol. The van der Waals surface area contributed by atoms with Crippen molar-refractivity contribution in [1.82, 2.24) is 4.72 Å². The summed E-state index contributed by atoms with van der Waals surface area (Å²) < 4.78 is 40.3. The lowest BCUT2D eigenvalue weighted by Gasteiger charge is -2.17. The number of para-hydroxylation sites is 1. The molecule has 7 heteroatoms. The van der Waals surface area contributed by atoms with Crippen LogP contribution in [0.1, 0.15) is 11.6 Å². The molecule has 0 aliphatic heterocycles. The number of hydrogen-bond acceptors (Lipinski definition) is 4. The fraction of sp³-hybridized carbons (Fsp3) is 0.143. The fourth-order valence-electron chi connectivity index (χ4n) is 1.90. The molecule has 0 bridgehead atoms. The van der Waals surface area contributed by atoms with Crippen LogP contribution in [0.2, 0.25) is 0 Å². The highest BCUT2D eigenvalue weighted by molar-refractivity contribution is 7.89. The van der Waals surface area contributed by atoms with E-state index in [0.29, 0.717) is 5.56 Å². The molecular weight excluding hydrogens is 295 g/mol. The van der Waals surface area contributed by atoms with Crippen molar-refractivity contribution in [2.45, 2.75) is 10.9 Å². The summed E-state index contributed by atoms with van der Waals surface area (Å²) in [4.78, 5) is -0.350. The molecule has 0 radical (unpaired) electrons. The molecule has 0 saturated heterocycles. The number of hydrogen-bond donors (Lipinski definition) is 3. The van der Waals surface area contributed by atoms with Crippen LogP contribution in [0.25, 0.3) is 0 Å². The monoisotopic (exact) mass is 310 g/mol. The highest BCUT2D eigenvalue weighted by atomic mass is 32.2. The van der Waals surface area contributed by atoms with Crippen molar-refractivity contribution in [3.05, 3.63) is 59.9 Å². The quantitative estimate of drug-likeness (QED) is 0.728. The highest BCUT2D eigenvalue weighted by Crippen LogP contribution is 2.23. The van der Waals surface area contributed by atoms with Gasteiger partial charge in [0.2, 0.25) is 10.0 Å². The molecule has 2 rings (SSSR count).